The Morgan fingerprint density at radius 3 is 2.80 bits per heavy atom. The van der Waals surface area contributed by atoms with E-state index in [1.54, 1.807) is 0 Å². The highest BCUT2D eigenvalue weighted by Crippen LogP contribution is 2.27. The van der Waals surface area contributed by atoms with Crippen LogP contribution in [0.5, 0.6) is 0 Å². The summed E-state index contributed by atoms with van der Waals surface area (Å²) >= 11 is 2.89. The smallest absolute Gasteiger partial charge is 0.170 e. The number of hydrogen-bond donors (Lipinski definition) is 2. The van der Waals surface area contributed by atoms with Gasteiger partial charge >= 0.3 is 0 Å². The van der Waals surface area contributed by atoms with Crippen LogP contribution in [0.1, 0.15) is 25.6 Å². The Kier molecular flexibility index (Phi) is 5.52. The number of hydrogen-bond acceptors (Lipinski definition) is 6. The van der Waals surface area contributed by atoms with E-state index in [1.165, 1.54) is 23.3 Å². The molecule has 15 heavy (non-hydrogen) atoms. The molecule has 6 heteroatoms. The van der Waals surface area contributed by atoms with Crippen LogP contribution in [-0.2, 0) is 0 Å². The molecule has 4 nitrogen and oxygen atoms in total. The molecule has 0 bridgehead atoms. The van der Waals surface area contributed by atoms with Gasteiger partial charge in [-0.15, -0.1) is 0 Å². The Bertz CT molecular complexity index is 293. The lowest BCUT2D eigenvalue weighted by molar-refractivity contribution is 0.279. The SMILES string of the molecule is CCCC(N)C(CO)Sc1nc(C)ns1. The first-order chi connectivity index (χ1) is 7.17. The van der Waals surface area contributed by atoms with Gasteiger partial charge in [0.15, 0.2) is 4.34 Å². The molecule has 0 aliphatic heterocycles. The largest absolute Gasteiger partial charge is 0.395 e. The van der Waals surface area contributed by atoms with E-state index in [0.717, 1.165) is 23.0 Å². The van der Waals surface area contributed by atoms with Gasteiger partial charge in [-0.05, 0) is 24.9 Å². The molecule has 0 aromatic carbocycles. The van der Waals surface area contributed by atoms with Crippen LogP contribution in [0.2, 0.25) is 0 Å². The standard InChI is InChI=1S/C9H17N3OS2/c1-3-4-7(10)8(5-13)14-9-11-6(2)12-15-9/h7-8,13H,3-5,10H2,1-2H3. The third-order valence-electron chi connectivity index (χ3n) is 2.04. The zero-order valence-electron chi connectivity index (χ0n) is 9.01. The number of aliphatic hydroxyl groups excluding tert-OH is 1. The molecule has 0 spiro atoms. The van der Waals surface area contributed by atoms with Crippen molar-refractivity contribution < 1.29 is 5.11 Å². The molecule has 2 atom stereocenters. The van der Waals surface area contributed by atoms with Gasteiger partial charge in [-0.1, -0.05) is 25.1 Å². The molecular weight excluding hydrogens is 230 g/mol. The van der Waals surface area contributed by atoms with Crippen LogP contribution in [0.4, 0.5) is 0 Å². The van der Waals surface area contributed by atoms with Crippen LogP contribution in [0.3, 0.4) is 0 Å². The van der Waals surface area contributed by atoms with E-state index < -0.39 is 0 Å². The van der Waals surface area contributed by atoms with Gasteiger partial charge < -0.3 is 10.8 Å². The first-order valence-corrected chi connectivity index (χ1v) is 6.66. The first kappa shape index (κ1) is 12.9. The predicted molar refractivity (Wildman–Crippen MR) is 64.3 cm³/mol. The van der Waals surface area contributed by atoms with Gasteiger partial charge in [0.2, 0.25) is 0 Å². The maximum Gasteiger partial charge on any atom is 0.170 e. The molecule has 1 aromatic rings. The molecule has 1 rings (SSSR count). The van der Waals surface area contributed by atoms with Crippen LogP contribution in [-0.4, -0.2) is 32.4 Å². The molecule has 0 saturated heterocycles. The van der Waals surface area contributed by atoms with E-state index >= 15 is 0 Å². The Labute approximate surface area is 98.5 Å². The molecule has 86 valence electrons. The number of aromatic nitrogens is 2. The van der Waals surface area contributed by atoms with Crippen molar-refractivity contribution in [3.05, 3.63) is 5.82 Å². The number of aliphatic hydroxyl groups is 1. The second-order valence-corrected chi connectivity index (χ2v) is 5.64. The molecule has 3 N–H and O–H groups in total. The van der Waals surface area contributed by atoms with Crippen molar-refractivity contribution in [2.45, 2.75) is 42.3 Å². The van der Waals surface area contributed by atoms with E-state index in [4.69, 9.17) is 5.73 Å². The van der Waals surface area contributed by atoms with Gasteiger partial charge in [-0.25, -0.2) is 4.98 Å². The monoisotopic (exact) mass is 247 g/mol. The Morgan fingerprint density at radius 1 is 1.60 bits per heavy atom. The van der Waals surface area contributed by atoms with Gasteiger partial charge in [0, 0.05) is 6.04 Å². The summed E-state index contributed by atoms with van der Waals surface area (Å²) in [5, 5.41) is 9.27. The number of rotatable bonds is 6. The van der Waals surface area contributed by atoms with Crippen LogP contribution in [0.25, 0.3) is 0 Å². The summed E-state index contributed by atoms with van der Waals surface area (Å²) in [6, 6.07) is 0.0224. The molecule has 1 aromatic heterocycles. The molecule has 0 aliphatic rings. The molecular formula is C9H17N3OS2. The number of aryl methyl sites for hydroxylation is 1. The molecule has 0 amide bonds. The van der Waals surface area contributed by atoms with Crippen LogP contribution in [0.15, 0.2) is 4.34 Å². The minimum Gasteiger partial charge on any atom is -0.395 e. The van der Waals surface area contributed by atoms with Crippen LogP contribution < -0.4 is 5.73 Å². The molecule has 2 unspecified atom stereocenters. The summed E-state index contributed by atoms with van der Waals surface area (Å²) in [5.74, 6) is 0.781. The lowest BCUT2D eigenvalue weighted by Gasteiger charge is -2.19. The summed E-state index contributed by atoms with van der Waals surface area (Å²) in [5.41, 5.74) is 5.97. The van der Waals surface area contributed by atoms with Crippen molar-refractivity contribution in [1.29, 1.82) is 0 Å². The second-order valence-electron chi connectivity index (χ2n) is 3.40. The Hall–Kier alpha value is -0.170. The third-order valence-corrected chi connectivity index (χ3v) is 4.25. The normalized spacial score (nSPS) is 15.2. The highest BCUT2D eigenvalue weighted by atomic mass is 32.2. The predicted octanol–water partition coefficient (Wildman–Crippen LogP) is 1.43. The molecule has 0 radical (unpaired) electrons. The van der Waals surface area contributed by atoms with Crippen molar-refractivity contribution in [2.24, 2.45) is 5.73 Å². The summed E-state index contributed by atoms with van der Waals surface area (Å²) in [7, 11) is 0. The first-order valence-electron chi connectivity index (χ1n) is 5.00. The van der Waals surface area contributed by atoms with Crippen molar-refractivity contribution in [1.82, 2.24) is 9.36 Å². The number of nitrogens with zero attached hydrogens (tertiary/aromatic N) is 2. The van der Waals surface area contributed by atoms with Crippen molar-refractivity contribution in [3.8, 4) is 0 Å². The van der Waals surface area contributed by atoms with Gasteiger partial charge in [-0.2, -0.15) is 4.37 Å². The highest BCUT2D eigenvalue weighted by Gasteiger charge is 2.19. The maximum atomic E-state index is 9.25. The second kappa shape index (κ2) is 6.42. The zero-order valence-corrected chi connectivity index (χ0v) is 10.6. The van der Waals surface area contributed by atoms with Gasteiger partial charge in [0.05, 0.1) is 11.9 Å². The average molecular weight is 247 g/mol. The van der Waals surface area contributed by atoms with Gasteiger partial charge in [-0.3, -0.25) is 0 Å². The van der Waals surface area contributed by atoms with E-state index in [-0.39, 0.29) is 17.9 Å². The van der Waals surface area contributed by atoms with Gasteiger partial charge in [0.1, 0.15) is 5.82 Å². The summed E-state index contributed by atoms with van der Waals surface area (Å²) < 4.78 is 4.98. The van der Waals surface area contributed by atoms with E-state index in [2.05, 4.69) is 16.3 Å². The highest BCUT2D eigenvalue weighted by molar-refractivity contribution is 8.01. The molecule has 0 saturated carbocycles. The van der Waals surface area contributed by atoms with E-state index in [1.807, 2.05) is 6.92 Å². The van der Waals surface area contributed by atoms with Crippen molar-refractivity contribution in [3.63, 3.8) is 0 Å². The summed E-state index contributed by atoms with van der Waals surface area (Å²) in [6.45, 7) is 4.04. The zero-order chi connectivity index (χ0) is 11.3. The quantitative estimate of drug-likeness (QED) is 0.744. The van der Waals surface area contributed by atoms with Crippen molar-refractivity contribution >= 4 is 23.3 Å². The molecule has 0 fully saturated rings. The number of thioether (sulfide) groups is 1. The lowest BCUT2D eigenvalue weighted by atomic mass is 10.1. The Balaban J connectivity index is 2.53. The van der Waals surface area contributed by atoms with Crippen molar-refractivity contribution in [2.75, 3.05) is 6.61 Å². The Morgan fingerprint density at radius 2 is 2.33 bits per heavy atom. The maximum absolute atomic E-state index is 9.25. The minimum atomic E-state index is 0.0224. The fraction of sp³-hybridized carbons (Fsp3) is 0.778. The van der Waals surface area contributed by atoms with E-state index in [9.17, 15) is 5.11 Å². The average Bonchev–Trinajstić information content (AvgIpc) is 2.61. The lowest BCUT2D eigenvalue weighted by Crippen LogP contribution is -2.34. The molecule has 0 aliphatic carbocycles. The van der Waals surface area contributed by atoms with E-state index in [0.29, 0.717) is 0 Å². The minimum absolute atomic E-state index is 0.0224. The summed E-state index contributed by atoms with van der Waals surface area (Å²) in [4.78, 5) is 4.24. The topological polar surface area (TPSA) is 72.0 Å². The van der Waals surface area contributed by atoms with Crippen LogP contribution >= 0.6 is 23.3 Å². The fourth-order valence-electron chi connectivity index (χ4n) is 1.23. The fourth-order valence-corrected chi connectivity index (χ4v) is 3.14. The van der Waals surface area contributed by atoms with Crippen LogP contribution in [0, 0.1) is 6.92 Å². The van der Waals surface area contributed by atoms with Gasteiger partial charge in [0.25, 0.3) is 0 Å². The number of nitrogens with two attached hydrogens (primary N) is 1. The molecule has 1 heterocycles. The summed E-state index contributed by atoms with van der Waals surface area (Å²) in [6.07, 6.45) is 1.96. The third kappa shape index (κ3) is 4.06.